The summed E-state index contributed by atoms with van der Waals surface area (Å²) in [5.74, 6) is -2.09. The Morgan fingerprint density at radius 1 is 1.22 bits per heavy atom. The van der Waals surface area contributed by atoms with Crippen LogP contribution in [0, 0.1) is 0 Å². The van der Waals surface area contributed by atoms with Gasteiger partial charge in [-0.25, -0.2) is 9.59 Å². The van der Waals surface area contributed by atoms with E-state index in [1.165, 1.54) is 6.92 Å². The van der Waals surface area contributed by atoms with Crippen molar-refractivity contribution in [1.29, 1.82) is 0 Å². The topological polar surface area (TPSA) is 93.1 Å². The lowest BCUT2D eigenvalue weighted by Gasteiger charge is -2.44. The van der Waals surface area contributed by atoms with Crippen molar-refractivity contribution in [1.82, 2.24) is 0 Å². The van der Waals surface area contributed by atoms with E-state index in [-0.39, 0.29) is 12.0 Å². The summed E-state index contributed by atoms with van der Waals surface area (Å²) in [7, 11) is -5.25. The third kappa shape index (κ3) is 5.64. The van der Waals surface area contributed by atoms with Crippen LogP contribution in [-0.4, -0.2) is 50.1 Å². The van der Waals surface area contributed by atoms with Crippen molar-refractivity contribution in [2.75, 3.05) is 0 Å². The van der Waals surface area contributed by atoms with Crippen molar-refractivity contribution >= 4 is 28.6 Å². The first-order chi connectivity index (χ1) is 10.2. The molecular weight excluding hydrogens is 332 g/mol. The maximum absolute atomic E-state index is 12.5. The van der Waals surface area contributed by atoms with Crippen LogP contribution in [0.25, 0.3) is 0 Å². The van der Waals surface area contributed by atoms with Gasteiger partial charge in [-0.2, -0.15) is 0 Å². The number of hydrogen-bond acceptors (Lipinski definition) is 6. The zero-order valence-electron chi connectivity index (χ0n) is 15.2. The Morgan fingerprint density at radius 2 is 1.70 bits per heavy atom. The molecule has 0 spiro atoms. The Kier molecular flexibility index (Phi) is 7.57. The zero-order chi connectivity index (χ0) is 18.6. The summed E-state index contributed by atoms with van der Waals surface area (Å²) in [4.78, 5) is 24.1. The van der Waals surface area contributed by atoms with Gasteiger partial charge in [-0.3, -0.25) is 0 Å². The molecule has 2 N–H and O–H groups in total. The lowest BCUT2D eigenvalue weighted by molar-refractivity contribution is -0.174. The van der Waals surface area contributed by atoms with Crippen LogP contribution < -0.4 is 0 Å². The van der Waals surface area contributed by atoms with Crippen LogP contribution in [0.1, 0.15) is 26.7 Å². The van der Waals surface area contributed by atoms with Crippen molar-refractivity contribution in [2.45, 2.75) is 70.8 Å². The molecule has 0 aromatic rings. The van der Waals surface area contributed by atoms with Crippen LogP contribution >= 0.6 is 0 Å². The van der Waals surface area contributed by atoms with Crippen LogP contribution in [0.4, 0.5) is 0 Å². The molecule has 134 valence electrons. The standard InChI is InChI=1S/C15H30O6Si2/c1-9-10-12(16)15(19,14(18)20-13(17)11(2)3)23(7,8)21-22(4,5)6/h12,16,19H,2,9-10H2,1,3-8H3. The molecule has 0 aliphatic carbocycles. The van der Waals surface area contributed by atoms with E-state index in [0.29, 0.717) is 6.42 Å². The van der Waals surface area contributed by atoms with Gasteiger partial charge in [-0.05, 0) is 46.1 Å². The first-order valence-electron chi connectivity index (χ1n) is 7.71. The molecule has 0 aliphatic heterocycles. The second kappa shape index (κ2) is 7.84. The number of aliphatic hydroxyl groups excluding tert-OH is 1. The number of esters is 2. The predicted octanol–water partition coefficient (Wildman–Crippen LogP) is 2.12. The fraction of sp³-hybridized carbons (Fsp3) is 0.733. The summed E-state index contributed by atoms with van der Waals surface area (Å²) in [6, 6.07) is 0. The highest BCUT2D eigenvalue weighted by atomic mass is 28.4. The molecule has 0 rings (SSSR count). The highest BCUT2D eigenvalue weighted by Gasteiger charge is 2.60. The first-order valence-corrected chi connectivity index (χ1v) is 14.0. The molecule has 23 heavy (non-hydrogen) atoms. The summed E-state index contributed by atoms with van der Waals surface area (Å²) in [5.41, 5.74) is 0.0382. The van der Waals surface area contributed by atoms with Gasteiger partial charge in [0, 0.05) is 5.57 Å². The summed E-state index contributed by atoms with van der Waals surface area (Å²) in [6.45, 7) is 15.7. The van der Waals surface area contributed by atoms with Crippen LogP contribution in [-0.2, 0) is 18.4 Å². The van der Waals surface area contributed by atoms with Crippen molar-refractivity contribution in [3.8, 4) is 0 Å². The number of aliphatic hydroxyl groups is 2. The summed E-state index contributed by atoms with van der Waals surface area (Å²) in [5, 5.41) is 19.2. The fourth-order valence-corrected chi connectivity index (χ4v) is 10.6. The third-order valence-corrected chi connectivity index (χ3v) is 10.2. The molecule has 0 aromatic carbocycles. The second-order valence-corrected chi connectivity index (χ2v) is 16.1. The number of carbonyl (C=O) groups excluding carboxylic acids is 2. The Balaban J connectivity index is 5.78. The molecule has 2 atom stereocenters. The fourth-order valence-electron chi connectivity index (χ4n) is 2.36. The minimum atomic E-state index is -3.15. The SMILES string of the molecule is C=C(C)C(=O)OC(=O)C(O)(C(O)CCC)[Si](C)(C)O[Si](C)(C)C. The number of ether oxygens (including phenoxy) is 1. The Morgan fingerprint density at radius 3 is 2.04 bits per heavy atom. The molecule has 0 aromatic heterocycles. The maximum atomic E-state index is 12.5. The van der Waals surface area contributed by atoms with Crippen molar-refractivity contribution in [3.05, 3.63) is 12.2 Å². The molecule has 0 bridgehead atoms. The third-order valence-electron chi connectivity index (χ3n) is 3.37. The quantitative estimate of drug-likeness (QED) is 0.297. The molecule has 0 radical (unpaired) electrons. The number of carbonyl (C=O) groups is 2. The normalized spacial score (nSPS) is 16.4. The Hall–Kier alpha value is -0.806. The Bertz CT molecular complexity index is 469. The monoisotopic (exact) mass is 362 g/mol. The minimum absolute atomic E-state index is 0.0382. The van der Waals surface area contributed by atoms with E-state index in [1.54, 1.807) is 13.1 Å². The number of rotatable bonds is 8. The van der Waals surface area contributed by atoms with Crippen LogP contribution in [0.5, 0.6) is 0 Å². The van der Waals surface area contributed by atoms with E-state index in [9.17, 15) is 19.8 Å². The van der Waals surface area contributed by atoms with E-state index in [2.05, 4.69) is 6.58 Å². The predicted molar refractivity (Wildman–Crippen MR) is 93.7 cm³/mol. The van der Waals surface area contributed by atoms with E-state index in [0.717, 1.165) is 0 Å². The van der Waals surface area contributed by atoms with Crippen LogP contribution in [0.3, 0.4) is 0 Å². The molecule has 2 unspecified atom stereocenters. The highest BCUT2D eigenvalue weighted by molar-refractivity contribution is 6.87. The van der Waals surface area contributed by atoms with Gasteiger partial charge in [-0.15, -0.1) is 0 Å². The van der Waals surface area contributed by atoms with Gasteiger partial charge in [0.05, 0.1) is 6.10 Å². The smallest absolute Gasteiger partial charge is 0.348 e. The van der Waals surface area contributed by atoms with E-state index in [4.69, 9.17) is 8.85 Å². The van der Waals surface area contributed by atoms with Gasteiger partial charge in [0.2, 0.25) is 13.5 Å². The summed E-state index contributed by atoms with van der Waals surface area (Å²) < 4.78 is 10.8. The molecule has 0 fully saturated rings. The van der Waals surface area contributed by atoms with Gasteiger partial charge in [0.1, 0.15) is 0 Å². The molecule has 0 saturated carbocycles. The average molecular weight is 363 g/mol. The number of hydrogen-bond donors (Lipinski definition) is 2. The van der Waals surface area contributed by atoms with Crippen molar-refractivity contribution < 1.29 is 28.7 Å². The minimum Gasteiger partial charge on any atom is -0.454 e. The lowest BCUT2D eigenvalue weighted by atomic mass is 10.1. The van der Waals surface area contributed by atoms with Gasteiger partial charge in [0.25, 0.3) is 0 Å². The molecule has 6 nitrogen and oxygen atoms in total. The summed E-state index contributed by atoms with van der Waals surface area (Å²) >= 11 is 0. The maximum Gasteiger partial charge on any atom is 0.348 e. The molecular formula is C15H30O6Si2. The average Bonchev–Trinajstić information content (AvgIpc) is 2.34. The van der Waals surface area contributed by atoms with Gasteiger partial charge in [0.15, 0.2) is 8.32 Å². The highest BCUT2D eigenvalue weighted by Crippen LogP contribution is 2.32. The van der Waals surface area contributed by atoms with E-state index in [1.807, 2.05) is 26.6 Å². The van der Waals surface area contributed by atoms with Crippen molar-refractivity contribution in [2.24, 2.45) is 0 Å². The van der Waals surface area contributed by atoms with E-state index < -0.39 is 39.9 Å². The molecule has 8 heteroatoms. The Labute approximate surface area is 140 Å². The zero-order valence-corrected chi connectivity index (χ0v) is 17.2. The molecule has 0 amide bonds. The largest absolute Gasteiger partial charge is 0.454 e. The van der Waals surface area contributed by atoms with Gasteiger partial charge < -0.3 is 19.1 Å². The second-order valence-electron chi connectivity index (χ2n) is 7.25. The first kappa shape index (κ1) is 22.2. The summed E-state index contributed by atoms with van der Waals surface area (Å²) in [6.07, 6.45) is -0.614. The van der Waals surface area contributed by atoms with Gasteiger partial charge in [-0.1, -0.05) is 19.9 Å². The molecule has 0 heterocycles. The van der Waals surface area contributed by atoms with Gasteiger partial charge >= 0.3 is 11.9 Å². The van der Waals surface area contributed by atoms with Crippen molar-refractivity contribution in [3.63, 3.8) is 0 Å². The lowest BCUT2D eigenvalue weighted by Crippen LogP contribution is -2.70. The molecule has 0 aliphatic rings. The van der Waals surface area contributed by atoms with Crippen LogP contribution in [0.15, 0.2) is 12.2 Å². The molecule has 0 saturated heterocycles. The van der Waals surface area contributed by atoms with Crippen LogP contribution in [0.2, 0.25) is 32.7 Å². The van der Waals surface area contributed by atoms with E-state index >= 15 is 0 Å².